The van der Waals surface area contributed by atoms with Crippen LogP contribution in [0.5, 0.6) is 0 Å². The molecule has 0 spiro atoms. The molecule has 14 heavy (non-hydrogen) atoms. The van der Waals surface area contributed by atoms with Crippen molar-refractivity contribution in [2.45, 2.75) is 20.3 Å². The maximum atomic E-state index is 11.6. The first-order chi connectivity index (χ1) is 6.55. The molecular weight excluding hydrogens is 178 g/mol. The van der Waals surface area contributed by atoms with E-state index in [1.54, 1.807) is 0 Å². The number of amides is 1. The molecule has 82 valence electrons. The molecule has 1 saturated heterocycles. The van der Waals surface area contributed by atoms with Gasteiger partial charge in [0.15, 0.2) is 0 Å². The molecule has 1 amide bonds. The van der Waals surface area contributed by atoms with Crippen LogP contribution in [0.1, 0.15) is 20.3 Å². The predicted octanol–water partition coefficient (Wildman–Crippen LogP) is -0.303. The second-order valence-corrected chi connectivity index (χ2v) is 4.78. The summed E-state index contributed by atoms with van der Waals surface area (Å²) < 4.78 is 0. The van der Waals surface area contributed by atoms with Gasteiger partial charge >= 0.3 is 0 Å². The van der Waals surface area contributed by atoms with Crippen molar-refractivity contribution in [2.24, 2.45) is 17.1 Å². The average Bonchev–Trinajstić information content (AvgIpc) is 2.67. The van der Waals surface area contributed by atoms with Crippen molar-refractivity contribution in [1.29, 1.82) is 0 Å². The van der Waals surface area contributed by atoms with Crippen molar-refractivity contribution in [1.82, 2.24) is 10.6 Å². The van der Waals surface area contributed by atoms with Gasteiger partial charge in [0.25, 0.3) is 0 Å². The van der Waals surface area contributed by atoms with Crippen LogP contribution in [0, 0.1) is 11.3 Å². The molecule has 4 nitrogen and oxygen atoms in total. The first kappa shape index (κ1) is 11.5. The quantitative estimate of drug-likeness (QED) is 0.582. The third-order valence-electron chi connectivity index (χ3n) is 2.72. The minimum absolute atomic E-state index is 0.00168. The smallest absolute Gasteiger partial charge is 0.224 e. The normalized spacial score (nSPS) is 22.4. The first-order valence-electron chi connectivity index (χ1n) is 5.24. The Hall–Kier alpha value is -0.610. The molecule has 1 aliphatic rings. The van der Waals surface area contributed by atoms with Crippen LogP contribution < -0.4 is 16.4 Å². The summed E-state index contributed by atoms with van der Waals surface area (Å²) in [5.74, 6) is 0.320. The van der Waals surface area contributed by atoms with Gasteiger partial charge in [0, 0.05) is 13.1 Å². The van der Waals surface area contributed by atoms with Gasteiger partial charge in [0.2, 0.25) is 5.91 Å². The van der Waals surface area contributed by atoms with Crippen molar-refractivity contribution >= 4 is 5.91 Å². The molecule has 4 heteroatoms. The lowest BCUT2D eigenvalue weighted by molar-refractivity contribution is -0.124. The van der Waals surface area contributed by atoms with E-state index in [2.05, 4.69) is 24.5 Å². The Labute approximate surface area is 85.6 Å². The number of nitrogens with one attached hydrogen (secondary N) is 2. The molecule has 0 aliphatic carbocycles. The second kappa shape index (κ2) is 4.75. The fraction of sp³-hybridized carbons (Fsp3) is 0.900. The van der Waals surface area contributed by atoms with Crippen molar-refractivity contribution in [3.8, 4) is 0 Å². The van der Waals surface area contributed by atoms with Crippen LogP contribution in [0.2, 0.25) is 0 Å². The van der Waals surface area contributed by atoms with Gasteiger partial charge in [-0.25, -0.2) is 0 Å². The molecule has 1 atom stereocenters. The summed E-state index contributed by atoms with van der Waals surface area (Å²) in [6.07, 6.45) is 0.953. The molecule has 4 N–H and O–H groups in total. The Balaban J connectivity index is 2.27. The molecule has 0 radical (unpaired) electrons. The van der Waals surface area contributed by atoms with Gasteiger partial charge in [-0.2, -0.15) is 0 Å². The highest BCUT2D eigenvalue weighted by Crippen LogP contribution is 2.12. The van der Waals surface area contributed by atoms with Crippen LogP contribution in [-0.2, 0) is 4.79 Å². The molecule has 1 unspecified atom stereocenters. The summed E-state index contributed by atoms with van der Waals surface area (Å²) in [5.41, 5.74) is 5.58. The summed E-state index contributed by atoms with van der Waals surface area (Å²) in [7, 11) is 0. The van der Waals surface area contributed by atoms with Gasteiger partial charge in [0.05, 0.1) is 5.92 Å². The van der Waals surface area contributed by atoms with E-state index in [9.17, 15) is 4.79 Å². The monoisotopic (exact) mass is 199 g/mol. The highest BCUT2D eigenvalue weighted by atomic mass is 16.1. The molecule has 1 aliphatic heterocycles. The third kappa shape index (κ3) is 3.27. The van der Waals surface area contributed by atoms with E-state index in [4.69, 9.17) is 5.73 Å². The number of rotatable bonds is 4. The van der Waals surface area contributed by atoms with E-state index in [1.165, 1.54) is 0 Å². The van der Waals surface area contributed by atoms with Crippen molar-refractivity contribution in [3.05, 3.63) is 0 Å². The van der Waals surface area contributed by atoms with Crippen LogP contribution in [0.25, 0.3) is 0 Å². The number of nitrogens with two attached hydrogens (primary N) is 1. The Bertz CT molecular complexity index is 198. The van der Waals surface area contributed by atoms with Crippen LogP contribution in [-0.4, -0.2) is 32.1 Å². The lowest BCUT2D eigenvalue weighted by Crippen LogP contribution is -2.41. The minimum Gasteiger partial charge on any atom is -0.355 e. The van der Waals surface area contributed by atoms with E-state index < -0.39 is 0 Å². The molecular formula is C10H21N3O. The predicted molar refractivity (Wildman–Crippen MR) is 56.8 cm³/mol. The SMILES string of the molecule is CC(C)(CN)CNC(=O)C1CCNC1. The number of carbonyl (C=O) groups is 1. The average molecular weight is 199 g/mol. The summed E-state index contributed by atoms with van der Waals surface area (Å²) in [5, 5.41) is 6.14. The van der Waals surface area contributed by atoms with Gasteiger partial charge in [-0.05, 0) is 24.9 Å². The fourth-order valence-corrected chi connectivity index (χ4v) is 1.42. The lowest BCUT2D eigenvalue weighted by Gasteiger charge is -2.23. The number of hydrogen-bond donors (Lipinski definition) is 3. The standard InChI is InChI=1S/C10H21N3O/c1-10(2,6-11)7-13-9(14)8-3-4-12-5-8/h8,12H,3-7,11H2,1-2H3,(H,13,14). The van der Waals surface area contributed by atoms with Gasteiger partial charge in [-0.3, -0.25) is 4.79 Å². The molecule has 0 saturated carbocycles. The lowest BCUT2D eigenvalue weighted by atomic mass is 9.93. The Morgan fingerprint density at radius 2 is 2.36 bits per heavy atom. The number of hydrogen-bond acceptors (Lipinski definition) is 3. The summed E-state index contributed by atoms with van der Waals surface area (Å²) in [6, 6.07) is 0. The highest BCUT2D eigenvalue weighted by Gasteiger charge is 2.24. The Morgan fingerprint density at radius 1 is 1.64 bits per heavy atom. The van der Waals surface area contributed by atoms with E-state index in [1.807, 2.05) is 0 Å². The van der Waals surface area contributed by atoms with E-state index in [-0.39, 0.29) is 17.2 Å². The van der Waals surface area contributed by atoms with Gasteiger partial charge in [-0.1, -0.05) is 13.8 Å². The molecule has 0 bridgehead atoms. The summed E-state index contributed by atoms with van der Waals surface area (Å²) in [4.78, 5) is 11.6. The van der Waals surface area contributed by atoms with Crippen LogP contribution >= 0.6 is 0 Å². The summed E-state index contributed by atoms with van der Waals surface area (Å²) >= 11 is 0. The van der Waals surface area contributed by atoms with Crippen molar-refractivity contribution in [3.63, 3.8) is 0 Å². The highest BCUT2D eigenvalue weighted by molar-refractivity contribution is 5.79. The van der Waals surface area contributed by atoms with Crippen LogP contribution in [0.15, 0.2) is 0 Å². The van der Waals surface area contributed by atoms with E-state index in [0.717, 1.165) is 19.5 Å². The third-order valence-corrected chi connectivity index (χ3v) is 2.72. The van der Waals surface area contributed by atoms with Gasteiger partial charge in [0.1, 0.15) is 0 Å². The molecule has 1 heterocycles. The van der Waals surface area contributed by atoms with Gasteiger partial charge < -0.3 is 16.4 Å². The summed E-state index contributed by atoms with van der Waals surface area (Å²) in [6.45, 7) is 7.14. The maximum Gasteiger partial charge on any atom is 0.224 e. The van der Waals surface area contributed by atoms with Crippen molar-refractivity contribution < 1.29 is 4.79 Å². The van der Waals surface area contributed by atoms with Crippen LogP contribution in [0.3, 0.4) is 0 Å². The second-order valence-electron chi connectivity index (χ2n) is 4.78. The van der Waals surface area contributed by atoms with Gasteiger partial charge in [-0.15, -0.1) is 0 Å². The first-order valence-corrected chi connectivity index (χ1v) is 5.24. The van der Waals surface area contributed by atoms with Crippen molar-refractivity contribution in [2.75, 3.05) is 26.2 Å². The molecule has 0 aromatic rings. The zero-order chi connectivity index (χ0) is 10.6. The number of carbonyl (C=O) groups excluding carboxylic acids is 1. The topological polar surface area (TPSA) is 67.1 Å². The largest absolute Gasteiger partial charge is 0.355 e. The Kier molecular flexibility index (Phi) is 3.89. The maximum absolute atomic E-state index is 11.6. The Morgan fingerprint density at radius 3 is 2.86 bits per heavy atom. The zero-order valence-electron chi connectivity index (χ0n) is 9.10. The molecule has 1 rings (SSSR count). The molecule has 0 aromatic carbocycles. The molecule has 0 aromatic heterocycles. The fourth-order valence-electron chi connectivity index (χ4n) is 1.42. The molecule has 1 fully saturated rings. The van der Waals surface area contributed by atoms with Crippen LogP contribution in [0.4, 0.5) is 0 Å². The van der Waals surface area contributed by atoms with E-state index >= 15 is 0 Å². The van der Waals surface area contributed by atoms with E-state index in [0.29, 0.717) is 13.1 Å². The zero-order valence-corrected chi connectivity index (χ0v) is 9.10. The minimum atomic E-state index is 0.00168.